The van der Waals surface area contributed by atoms with Crippen LogP contribution in [0.5, 0.6) is 0 Å². The maximum atomic E-state index is 13.2. The average molecular weight is 341 g/mol. The van der Waals surface area contributed by atoms with E-state index in [4.69, 9.17) is 0 Å². The van der Waals surface area contributed by atoms with E-state index in [1.165, 1.54) is 23.5 Å². The van der Waals surface area contributed by atoms with Crippen LogP contribution in [0.25, 0.3) is 0 Å². The molecule has 24 heavy (non-hydrogen) atoms. The van der Waals surface area contributed by atoms with Gasteiger partial charge >= 0.3 is 0 Å². The third-order valence-corrected chi connectivity index (χ3v) is 4.43. The maximum Gasteiger partial charge on any atom is 0.267 e. The van der Waals surface area contributed by atoms with Gasteiger partial charge in [-0.2, -0.15) is 0 Å². The Morgan fingerprint density at radius 2 is 1.83 bits per heavy atom. The number of benzene rings is 2. The summed E-state index contributed by atoms with van der Waals surface area (Å²) >= 11 is 1.26. The number of amides is 1. The second-order valence-corrected chi connectivity index (χ2v) is 6.39. The standard InChI is InChI=1S/C18H16FN3OS/c1-11-5-3-7-14(9-11)22-18-20-12(2)16(24-18)17(23)21-15-8-4-6-13(19)10-15/h3-10H,1-2H3,(H,20,22)(H,21,23). The zero-order chi connectivity index (χ0) is 17.1. The Balaban J connectivity index is 1.77. The quantitative estimate of drug-likeness (QED) is 0.710. The zero-order valence-corrected chi connectivity index (χ0v) is 14.1. The van der Waals surface area contributed by atoms with Crippen molar-refractivity contribution in [3.8, 4) is 0 Å². The molecule has 0 radical (unpaired) electrons. The van der Waals surface area contributed by atoms with Crippen LogP contribution in [0.1, 0.15) is 20.9 Å². The van der Waals surface area contributed by atoms with Crippen molar-refractivity contribution >= 4 is 33.8 Å². The summed E-state index contributed by atoms with van der Waals surface area (Å²) in [4.78, 5) is 17.3. The van der Waals surface area contributed by atoms with Gasteiger partial charge in [-0.1, -0.05) is 29.5 Å². The van der Waals surface area contributed by atoms with E-state index in [1.807, 2.05) is 31.2 Å². The minimum absolute atomic E-state index is 0.298. The van der Waals surface area contributed by atoms with Crippen molar-refractivity contribution in [3.63, 3.8) is 0 Å². The summed E-state index contributed by atoms with van der Waals surface area (Å²) in [5.74, 6) is -0.691. The predicted molar refractivity (Wildman–Crippen MR) is 95.7 cm³/mol. The van der Waals surface area contributed by atoms with Crippen LogP contribution in [0, 0.1) is 19.7 Å². The molecular weight excluding hydrogens is 325 g/mol. The van der Waals surface area contributed by atoms with E-state index < -0.39 is 5.82 Å². The number of carbonyl (C=O) groups excluding carboxylic acids is 1. The van der Waals surface area contributed by atoms with Crippen molar-refractivity contribution in [1.29, 1.82) is 0 Å². The van der Waals surface area contributed by atoms with Crippen LogP contribution in [0.4, 0.5) is 20.9 Å². The van der Waals surface area contributed by atoms with E-state index in [-0.39, 0.29) is 5.91 Å². The highest BCUT2D eigenvalue weighted by Crippen LogP contribution is 2.27. The van der Waals surface area contributed by atoms with Crippen LogP contribution in [0.2, 0.25) is 0 Å². The Labute approximate surface area is 143 Å². The number of carbonyl (C=O) groups is 1. The molecule has 1 amide bonds. The van der Waals surface area contributed by atoms with Crippen LogP contribution in [-0.4, -0.2) is 10.9 Å². The van der Waals surface area contributed by atoms with E-state index in [2.05, 4.69) is 15.6 Å². The monoisotopic (exact) mass is 341 g/mol. The van der Waals surface area contributed by atoms with Gasteiger partial charge in [-0.15, -0.1) is 0 Å². The SMILES string of the molecule is Cc1cccc(Nc2nc(C)c(C(=O)Nc3cccc(F)c3)s2)c1. The number of aromatic nitrogens is 1. The first-order valence-corrected chi connectivity index (χ1v) is 8.21. The minimum Gasteiger partial charge on any atom is -0.332 e. The Hall–Kier alpha value is -2.73. The number of hydrogen-bond donors (Lipinski definition) is 2. The summed E-state index contributed by atoms with van der Waals surface area (Å²) in [7, 11) is 0. The molecule has 3 rings (SSSR count). The molecule has 4 nitrogen and oxygen atoms in total. The van der Waals surface area contributed by atoms with Gasteiger partial charge in [0.05, 0.1) is 5.69 Å². The van der Waals surface area contributed by atoms with Gasteiger partial charge < -0.3 is 10.6 Å². The summed E-state index contributed by atoms with van der Waals surface area (Å²) in [5, 5.41) is 6.53. The van der Waals surface area contributed by atoms with Crippen LogP contribution in [0.3, 0.4) is 0 Å². The normalized spacial score (nSPS) is 10.5. The first-order valence-electron chi connectivity index (χ1n) is 7.39. The molecule has 0 spiro atoms. The van der Waals surface area contributed by atoms with Crippen LogP contribution in [0.15, 0.2) is 48.5 Å². The Kier molecular flexibility index (Phi) is 4.57. The van der Waals surface area contributed by atoms with Crippen molar-refractivity contribution in [2.45, 2.75) is 13.8 Å². The Bertz CT molecular complexity index is 891. The molecule has 0 unspecified atom stereocenters. The van der Waals surface area contributed by atoms with Crippen LogP contribution >= 0.6 is 11.3 Å². The topological polar surface area (TPSA) is 54.0 Å². The highest BCUT2D eigenvalue weighted by molar-refractivity contribution is 7.17. The van der Waals surface area contributed by atoms with Gasteiger partial charge in [-0.25, -0.2) is 9.37 Å². The van der Waals surface area contributed by atoms with Crippen molar-refractivity contribution in [1.82, 2.24) is 4.98 Å². The third-order valence-electron chi connectivity index (χ3n) is 3.35. The smallest absolute Gasteiger partial charge is 0.267 e. The summed E-state index contributed by atoms with van der Waals surface area (Å²) < 4.78 is 13.2. The largest absolute Gasteiger partial charge is 0.332 e. The molecule has 0 atom stereocenters. The van der Waals surface area contributed by atoms with Crippen LogP contribution < -0.4 is 10.6 Å². The number of thiazole rings is 1. The van der Waals surface area contributed by atoms with Crippen LogP contribution in [-0.2, 0) is 0 Å². The number of nitrogens with zero attached hydrogens (tertiary/aromatic N) is 1. The average Bonchev–Trinajstić information content (AvgIpc) is 2.88. The molecule has 1 aromatic heterocycles. The van der Waals surface area contributed by atoms with E-state index in [0.717, 1.165) is 11.3 Å². The lowest BCUT2D eigenvalue weighted by Crippen LogP contribution is -2.11. The lowest BCUT2D eigenvalue weighted by Gasteiger charge is -2.04. The number of aryl methyl sites for hydroxylation is 2. The van der Waals surface area contributed by atoms with Crippen molar-refractivity contribution in [3.05, 3.63) is 70.5 Å². The predicted octanol–water partition coefficient (Wildman–Crippen LogP) is 4.89. The van der Waals surface area contributed by atoms with Gasteiger partial charge in [-0.05, 0) is 49.7 Å². The van der Waals surface area contributed by atoms with Gasteiger partial charge in [0.2, 0.25) is 0 Å². The van der Waals surface area contributed by atoms with E-state index in [1.54, 1.807) is 19.1 Å². The number of hydrogen-bond acceptors (Lipinski definition) is 4. The highest BCUT2D eigenvalue weighted by Gasteiger charge is 2.16. The molecule has 0 aliphatic rings. The Morgan fingerprint density at radius 1 is 1.08 bits per heavy atom. The second kappa shape index (κ2) is 6.80. The fraction of sp³-hybridized carbons (Fsp3) is 0.111. The summed E-state index contributed by atoms with van der Waals surface area (Å²) in [6, 6.07) is 13.7. The number of anilines is 3. The Morgan fingerprint density at radius 3 is 2.58 bits per heavy atom. The van der Waals surface area contributed by atoms with Gasteiger partial charge in [0.25, 0.3) is 5.91 Å². The number of halogens is 1. The fourth-order valence-electron chi connectivity index (χ4n) is 2.26. The number of nitrogens with one attached hydrogen (secondary N) is 2. The van der Waals surface area contributed by atoms with E-state index in [0.29, 0.717) is 21.4 Å². The molecule has 0 saturated heterocycles. The molecule has 1 heterocycles. The second-order valence-electron chi connectivity index (χ2n) is 5.39. The van der Waals surface area contributed by atoms with Crippen molar-refractivity contribution in [2.24, 2.45) is 0 Å². The maximum absolute atomic E-state index is 13.2. The van der Waals surface area contributed by atoms with E-state index >= 15 is 0 Å². The molecule has 2 N–H and O–H groups in total. The molecule has 122 valence electrons. The molecule has 3 aromatic rings. The molecule has 0 bridgehead atoms. The van der Waals surface area contributed by atoms with Gasteiger partial charge in [-0.3, -0.25) is 4.79 Å². The summed E-state index contributed by atoms with van der Waals surface area (Å²) in [6.07, 6.45) is 0. The molecule has 0 aliphatic heterocycles. The van der Waals surface area contributed by atoms with Gasteiger partial charge in [0, 0.05) is 11.4 Å². The van der Waals surface area contributed by atoms with Crippen molar-refractivity contribution in [2.75, 3.05) is 10.6 Å². The highest BCUT2D eigenvalue weighted by atomic mass is 32.1. The molecular formula is C18H16FN3OS. The van der Waals surface area contributed by atoms with E-state index in [9.17, 15) is 9.18 Å². The van der Waals surface area contributed by atoms with Gasteiger partial charge in [0.15, 0.2) is 5.13 Å². The molecule has 2 aromatic carbocycles. The van der Waals surface area contributed by atoms with Crippen molar-refractivity contribution < 1.29 is 9.18 Å². The lowest BCUT2D eigenvalue weighted by molar-refractivity contribution is 0.103. The molecule has 6 heteroatoms. The zero-order valence-electron chi connectivity index (χ0n) is 13.3. The summed E-state index contributed by atoms with van der Waals surface area (Å²) in [5.41, 5.74) is 3.10. The molecule has 0 aliphatic carbocycles. The fourth-order valence-corrected chi connectivity index (χ4v) is 3.14. The molecule has 0 saturated carbocycles. The summed E-state index contributed by atoms with van der Waals surface area (Å²) in [6.45, 7) is 3.79. The lowest BCUT2D eigenvalue weighted by atomic mass is 10.2. The molecule has 0 fully saturated rings. The number of rotatable bonds is 4. The minimum atomic E-state index is -0.393. The first kappa shape index (κ1) is 16.1. The first-order chi connectivity index (χ1) is 11.5. The van der Waals surface area contributed by atoms with Gasteiger partial charge in [0.1, 0.15) is 10.7 Å². The third kappa shape index (κ3) is 3.78.